The van der Waals surface area contributed by atoms with E-state index in [1.54, 1.807) is 11.8 Å². The molecule has 10 heavy (non-hydrogen) atoms. The van der Waals surface area contributed by atoms with Gasteiger partial charge in [0.1, 0.15) is 6.10 Å². The average Bonchev–Trinajstić information content (AvgIpc) is 1.88. The van der Waals surface area contributed by atoms with E-state index in [4.69, 9.17) is 5.11 Å². The normalized spacial score (nSPS) is 14.1. The van der Waals surface area contributed by atoms with Crippen LogP contribution in [-0.2, 0) is 0 Å². The number of hydrogen-bond acceptors (Lipinski definition) is 2. The highest BCUT2D eigenvalue weighted by Crippen LogP contribution is 2.09. The summed E-state index contributed by atoms with van der Waals surface area (Å²) < 4.78 is 23.2. The third-order valence-corrected chi connectivity index (χ3v) is 1.99. The van der Waals surface area contributed by atoms with E-state index >= 15 is 0 Å². The first-order valence-corrected chi connectivity index (χ1v) is 4.38. The second-order valence-corrected chi connectivity index (χ2v) is 3.28. The smallest absolute Gasteiger partial charge is 0.264 e. The van der Waals surface area contributed by atoms with Crippen LogP contribution in [0.3, 0.4) is 0 Å². The van der Waals surface area contributed by atoms with Gasteiger partial charge in [-0.25, -0.2) is 8.78 Å². The molecule has 0 saturated carbocycles. The van der Waals surface area contributed by atoms with Crippen LogP contribution in [0, 0.1) is 0 Å². The van der Waals surface area contributed by atoms with Crippen molar-refractivity contribution in [3.63, 3.8) is 0 Å². The number of hydrogen-bond donors (Lipinski definition) is 1. The largest absolute Gasteiger partial charge is 0.387 e. The van der Waals surface area contributed by atoms with Gasteiger partial charge in [0, 0.05) is 0 Å². The molecular formula is C6H12F2OS. The van der Waals surface area contributed by atoms with Gasteiger partial charge in [-0.1, -0.05) is 6.92 Å². The molecule has 0 aromatic carbocycles. The topological polar surface area (TPSA) is 20.2 Å². The molecule has 0 radical (unpaired) electrons. The molecule has 0 saturated heterocycles. The molecule has 0 aliphatic carbocycles. The maximum Gasteiger partial charge on any atom is 0.264 e. The summed E-state index contributed by atoms with van der Waals surface area (Å²) >= 11 is 1.56. The number of halogens is 2. The summed E-state index contributed by atoms with van der Waals surface area (Å²) in [5.74, 6) is 1.53. The van der Waals surface area contributed by atoms with Crippen LogP contribution < -0.4 is 0 Å². The number of rotatable bonds is 5. The molecule has 62 valence electrons. The monoisotopic (exact) mass is 170 g/mol. The Morgan fingerprint density at radius 3 is 2.50 bits per heavy atom. The van der Waals surface area contributed by atoms with Gasteiger partial charge in [-0.2, -0.15) is 11.8 Å². The van der Waals surface area contributed by atoms with Gasteiger partial charge >= 0.3 is 0 Å². The molecule has 0 bridgehead atoms. The SMILES string of the molecule is CCSCCC(O)C(F)F. The zero-order valence-electron chi connectivity index (χ0n) is 5.89. The van der Waals surface area contributed by atoms with Gasteiger partial charge in [0.05, 0.1) is 0 Å². The summed E-state index contributed by atoms with van der Waals surface area (Å²) in [5.41, 5.74) is 0. The van der Waals surface area contributed by atoms with Crippen molar-refractivity contribution in [2.24, 2.45) is 0 Å². The van der Waals surface area contributed by atoms with Gasteiger partial charge in [0.2, 0.25) is 0 Å². The van der Waals surface area contributed by atoms with Gasteiger partial charge in [-0.05, 0) is 17.9 Å². The van der Waals surface area contributed by atoms with Crippen molar-refractivity contribution in [2.75, 3.05) is 11.5 Å². The lowest BCUT2D eigenvalue weighted by Crippen LogP contribution is -2.17. The Morgan fingerprint density at radius 2 is 2.10 bits per heavy atom. The van der Waals surface area contributed by atoms with Crippen molar-refractivity contribution >= 4 is 11.8 Å². The van der Waals surface area contributed by atoms with Crippen molar-refractivity contribution in [2.45, 2.75) is 25.9 Å². The van der Waals surface area contributed by atoms with Crippen LogP contribution in [0.5, 0.6) is 0 Å². The Labute approximate surface area is 63.8 Å². The molecule has 0 fully saturated rings. The molecule has 0 aromatic rings. The molecule has 1 nitrogen and oxygen atoms in total. The van der Waals surface area contributed by atoms with Gasteiger partial charge < -0.3 is 5.11 Å². The summed E-state index contributed by atoms with van der Waals surface area (Å²) in [6.07, 6.45) is -3.83. The van der Waals surface area contributed by atoms with E-state index in [-0.39, 0.29) is 6.42 Å². The van der Waals surface area contributed by atoms with Gasteiger partial charge in [-0.3, -0.25) is 0 Å². The second-order valence-electron chi connectivity index (χ2n) is 1.89. The zero-order valence-corrected chi connectivity index (χ0v) is 6.70. The number of aliphatic hydroxyl groups is 1. The Morgan fingerprint density at radius 1 is 1.50 bits per heavy atom. The van der Waals surface area contributed by atoms with Crippen LogP contribution >= 0.6 is 11.8 Å². The molecule has 0 heterocycles. The summed E-state index contributed by atoms with van der Waals surface area (Å²) in [7, 11) is 0. The van der Waals surface area contributed by atoms with Crippen LogP contribution in [0.2, 0.25) is 0 Å². The molecule has 1 N–H and O–H groups in total. The molecule has 0 aliphatic rings. The number of thioether (sulfide) groups is 1. The maximum atomic E-state index is 11.6. The highest BCUT2D eigenvalue weighted by molar-refractivity contribution is 7.99. The Kier molecular flexibility index (Phi) is 6.02. The first-order valence-electron chi connectivity index (χ1n) is 3.22. The molecule has 0 aromatic heterocycles. The van der Waals surface area contributed by atoms with Crippen molar-refractivity contribution in [1.82, 2.24) is 0 Å². The Balaban J connectivity index is 3.13. The molecule has 0 aliphatic heterocycles. The Bertz CT molecular complexity index is 80.1. The standard InChI is InChI=1S/C6H12F2OS/c1-2-10-4-3-5(9)6(7)8/h5-6,9H,2-4H2,1H3. The van der Waals surface area contributed by atoms with Gasteiger partial charge in [-0.15, -0.1) is 0 Å². The quantitative estimate of drug-likeness (QED) is 0.634. The average molecular weight is 170 g/mol. The fourth-order valence-corrected chi connectivity index (χ4v) is 1.17. The van der Waals surface area contributed by atoms with Gasteiger partial charge in [0.25, 0.3) is 6.43 Å². The molecule has 1 unspecified atom stereocenters. The highest BCUT2D eigenvalue weighted by atomic mass is 32.2. The number of aliphatic hydroxyl groups excluding tert-OH is 1. The minimum atomic E-state index is -2.59. The maximum absolute atomic E-state index is 11.6. The summed E-state index contributed by atoms with van der Waals surface area (Å²) in [6.45, 7) is 1.96. The number of alkyl halides is 2. The summed E-state index contributed by atoms with van der Waals surface area (Å²) in [6, 6.07) is 0. The fourth-order valence-electron chi connectivity index (χ4n) is 0.474. The van der Waals surface area contributed by atoms with Crippen LogP contribution in [0.1, 0.15) is 13.3 Å². The van der Waals surface area contributed by atoms with Crippen molar-refractivity contribution < 1.29 is 13.9 Å². The molecular weight excluding hydrogens is 158 g/mol. The van der Waals surface area contributed by atoms with Crippen LogP contribution in [-0.4, -0.2) is 29.1 Å². The van der Waals surface area contributed by atoms with Crippen LogP contribution in [0.25, 0.3) is 0 Å². The lowest BCUT2D eigenvalue weighted by molar-refractivity contribution is -0.00529. The van der Waals surface area contributed by atoms with Crippen LogP contribution in [0.15, 0.2) is 0 Å². The Hall–Kier alpha value is 0.170. The lowest BCUT2D eigenvalue weighted by Gasteiger charge is -2.07. The summed E-state index contributed by atoms with van der Waals surface area (Å²) in [5, 5.41) is 8.59. The van der Waals surface area contributed by atoms with E-state index < -0.39 is 12.5 Å². The van der Waals surface area contributed by atoms with E-state index in [9.17, 15) is 8.78 Å². The second kappa shape index (κ2) is 5.92. The summed E-state index contributed by atoms with van der Waals surface area (Å²) in [4.78, 5) is 0. The molecule has 0 spiro atoms. The minimum Gasteiger partial charge on any atom is -0.387 e. The van der Waals surface area contributed by atoms with E-state index in [0.29, 0.717) is 5.75 Å². The van der Waals surface area contributed by atoms with Gasteiger partial charge in [0.15, 0.2) is 0 Å². The zero-order chi connectivity index (χ0) is 7.98. The minimum absolute atomic E-state index is 0.191. The fraction of sp³-hybridized carbons (Fsp3) is 1.00. The van der Waals surface area contributed by atoms with Crippen LogP contribution in [0.4, 0.5) is 8.78 Å². The molecule has 1 atom stereocenters. The van der Waals surface area contributed by atoms with Crippen molar-refractivity contribution in [3.8, 4) is 0 Å². The molecule has 0 rings (SSSR count). The highest BCUT2D eigenvalue weighted by Gasteiger charge is 2.15. The third-order valence-electron chi connectivity index (χ3n) is 1.05. The predicted octanol–water partition coefficient (Wildman–Crippen LogP) is 1.76. The van der Waals surface area contributed by atoms with Crippen molar-refractivity contribution in [1.29, 1.82) is 0 Å². The van der Waals surface area contributed by atoms with E-state index in [1.165, 1.54) is 0 Å². The van der Waals surface area contributed by atoms with E-state index in [0.717, 1.165) is 5.75 Å². The first kappa shape index (κ1) is 10.2. The predicted molar refractivity (Wildman–Crippen MR) is 39.6 cm³/mol. The first-order chi connectivity index (χ1) is 4.68. The third kappa shape index (κ3) is 4.99. The van der Waals surface area contributed by atoms with E-state index in [2.05, 4.69) is 0 Å². The molecule has 4 heteroatoms. The molecule has 0 amide bonds. The lowest BCUT2D eigenvalue weighted by atomic mass is 10.3. The van der Waals surface area contributed by atoms with E-state index in [1.807, 2.05) is 6.92 Å². The van der Waals surface area contributed by atoms with Crippen molar-refractivity contribution in [3.05, 3.63) is 0 Å².